The van der Waals surface area contributed by atoms with Gasteiger partial charge in [-0.2, -0.15) is 0 Å². The van der Waals surface area contributed by atoms with E-state index in [1.807, 2.05) is 34.6 Å². The van der Waals surface area contributed by atoms with E-state index < -0.39 is 11.7 Å². The van der Waals surface area contributed by atoms with Crippen molar-refractivity contribution in [3.8, 4) is 0 Å². The molecule has 130 valence electrons. The van der Waals surface area contributed by atoms with Gasteiger partial charge in [0.05, 0.1) is 6.54 Å². The van der Waals surface area contributed by atoms with E-state index in [9.17, 15) is 9.59 Å². The van der Waals surface area contributed by atoms with E-state index in [2.05, 4.69) is 38.1 Å². The molecule has 1 fully saturated rings. The van der Waals surface area contributed by atoms with Gasteiger partial charge in [0.1, 0.15) is 5.60 Å². The Balaban J connectivity index is 0.000000414. The number of ether oxygens (including phenoxy) is 1. The zero-order valence-electron chi connectivity index (χ0n) is 15.6. The molecule has 0 saturated carbocycles. The van der Waals surface area contributed by atoms with Crippen LogP contribution in [-0.2, 0) is 9.53 Å². The van der Waals surface area contributed by atoms with Crippen LogP contribution in [0, 0.1) is 13.8 Å². The third kappa shape index (κ3) is 9.72. The molecule has 0 radical (unpaired) electrons. The number of amides is 1. The average Bonchev–Trinajstić information content (AvgIpc) is 2.90. The van der Waals surface area contributed by atoms with Crippen molar-refractivity contribution in [2.24, 2.45) is 0 Å². The molecule has 1 saturated heterocycles. The number of hydrogen-bond donors (Lipinski definition) is 0. The first-order valence-electron chi connectivity index (χ1n) is 8.20. The van der Waals surface area contributed by atoms with Crippen LogP contribution in [0.5, 0.6) is 0 Å². The largest absolute Gasteiger partial charge is 0.444 e. The quantitative estimate of drug-likeness (QED) is 0.705. The molecule has 0 bridgehead atoms. The van der Waals surface area contributed by atoms with Crippen LogP contribution in [0.15, 0.2) is 24.3 Å². The van der Waals surface area contributed by atoms with E-state index in [4.69, 9.17) is 4.74 Å². The maximum Gasteiger partial charge on any atom is 0.410 e. The number of Topliss-reactive ketones (excluding diaryl/α,β-unsaturated/α-hetero) is 1. The highest BCUT2D eigenvalue weighted by molar-refractivity contribution is 5.87. The molecule has 0 atom stereocenters. The van der Waals surface area contributed by atoms with Crippen molar-refractivity contribution in [1.29, 1.82) is 0 Å². The molecular formula is C19H31NO3. The summed E-state index contributed by atoms with van der Waals surface area (Å²) in [6, 6.07) is 8.48. The zero-order valence-corrected chi connectivity index (χ0v) is 15.6. The van der Waals surface area contributed by atoms with E-state index >= 15 is 0 Å². The summed E-state index contributed by atoms with van der Waals surface area (Å²) in [6.45, 7) is 14.3. The van der Waals surface area contributed by atoms with Gasteiger partial charge in [0.2, 0.25) is 0 Å². The molecular weight excluding hydrogens is 290 g/mol. The minimum absolute atomic E-state index is 0.103. The van der Waals surface area contributed by atoms with Gasteiger partial charge in [-0.15, -0.1) is 0 Å². The zero-order chi connectivity index (χ0) is 18.0. The van der Waals surface area contributed by atoms with Gasteiger partial charge in [0.25, 0.3) is 0 Å². The van der Waals surface area contributed by atoms with Gasteiger partial charge in [-0.25, -0.2) is 4.79 Å². The standard InChI is InChI=1S/C9H15NO3.C8H10.C2H6/c1-9(2,3)13-8(12)10-5-4-7(11)6-10;1-7-3-5-8(2)6-4-7;1-2/h4-6H2,1-3H3;3-6H,1-2H3;1-2H3. The summed E-state index contributed by atoms with van der Waals surface area (Å²) in [6.07, 6.45) is 0.0672. The predicted molar refractivity (Wildman–Crippen MR) is 94.7 cm³/mol. The Kier molecular flexibility index (Phi) is 9.23. The molecule has 1 aliphatic rings. The van der Waals surface area contributed by atoms with Crippen molar-refractivity contribution in [3.63, 3.8) is 0 Å². The van der Waals surface area contributed by atoms with Crippen LogP contribution in [-0.4, -0.2) is 35.5 Å². The fourth-order valence-electron chi connectivity index (χ4n) is 1.75. The SMILES string of the molecule is CC.CC(C)(C)OC(=O)N1CCC(=O)C1.Cc1ccc(C)cc1. The maximum absolute atomic E-state index is 11.4. The highest BCUT2D eigenvalue weighted by atomic mass is 16.6. The molecule has 0 aliphatic carbocycles. The topological polar surface area (TPSA) is 46.6 Å². The molecule has 1 amide bonds. The fraction of sp³-hybridized carbons (Fsp3) is 0.579. The van der Waals surface area contributed by atoms with E-state index in [1.54, 1.807) is 0 Å². The number of carbonyl (C=O) groups is 2. The van der Waals surface area contributed by atoms with E-state index in [0.29, 0.717) is 13.0 Å². The van der Waals surface area contributed by atoms with E-state index in [-0.39, 0.29) is 12.3 Å². The number of hydrogen-bond acceptors (Lipinski definition) is 3. The smallest absolute Gasteiger partial charge is 0.410 e. The van der Waals surface area contributed by atoms with Gasteiger partial charge < -0.3 is 9.64 Å². The molecule has 0 aromatic heterocycles. The van der Waals surface area contributed by atoms with Crippen molar-refractivity contribution in [3.05, 3.63) is 35.4 Å². The molecule has 0 spiro atoms. The van der Waals surface area contributed by atoms with Crippen molar-refractivity contribution >= 4 is 11.9 Å². The molecule has 1 heterocycles. The van der Waals surface area contributed by atoms with Crippen molar-refractivity contribution < 1.29 is 14.3 Å². The summed E-state index contributed by atoms with van der Waals surface area (Å²) >= 11 is 0. The Hall–Kier alpha value is -1.84. The molecule has 1 aromatic carbocycles. The highest BCUT2D eigenvalue weighted by Gasteiger charge is 2.27. The number of nitrogens with zero attached hydrogens (tertiary/aromatic N) is 1. The number of aryl methyl sites for hydroxylation is 2. The first kappa shape index (κ1) is 21.2. The summed E-state index contributed by atoms with van der Waals surface area (Å²) in [4.78, 5) is 23.7. The number of carbonyl (C=O) groups excluding carboxylic acids is 2. The molecule has 0 unspecified atom stereocenters. The Morgan fingerprint density at radius 1 is 1.04 bits per heavy atom. The van der Waals surface area contributed by atoms with Gasteiger partial charge in [-0.3, -0.25) is 4.79 Å². The van der Waals surface area contributed by atoms with Crippen molar-refractivity contribution in [2.75, 3.05) is 13.1 Å². The minimum atomic E-state index is -0.483. The second kappa shape index (κ2) is 10.0. The Morgan fingerprint density at radius 2 is 1.48 bits per heavy atom. The monoisotopic (exact) mass is 321 g/mol. The molecule has 4 heteroatoms. The first-order valence-corrected chi connectivity index (χ1v) is 8.20. The van der Waals surface area contributed by atoms with E-state index in [1.165, 1.54) is 16.0 Å². The number of benzene rings is 1. The molecule has 23 heavy (non-hydrogen) atoms. The predicted octanol–water partition coefficient (Wildman–Crippen LogP) is 4.53. The van der Waals surface area contributed by atoms with Crippen LogP contribution in [0.3, 0.4) is 0 Å². The van der Waals surface area contributed by atoms with Gasteiger partial charge in [0.15, 0.2) is 5.78 Å². The average molecular weight is 321 g/mol. The molecule has 4 nitrogen and oxygen atoms in total. The van der Waals surface area contributed by atoms with Crippen molar-refractivity contribution in [2.45, 2.75) is 60.5 Å². The lowest BCUT2D eigenvalue weighted by Crippen LogP contribution is -2.35. The summed E-state index contributed by atoms with van der Waals surface area (Å²) < 4.78 is 5.10. The van der Waals surface area contributed by atoms with Crippen LogP contribution < -0.4 is 0 Å². The molecule has 1 aliphatic heterocycles. The number of ketones is 1. The summed E-state index contributed by atoms with van der Waals surface area (Å²) in [5, 5.41) is 0. The third-order valence-corrected chi connectivity index (χ3v) is 2.90. The Morgan fingerprint density at radius 3 is 1.78 bits per heavy atom. The Bertz CT molecular complexity index is 465. The lowest BCUT2D eigenvalue weighted by atomic mass is 10.2. The maximum atomic E-state index is 11.4. The van der Waals surface area contributed by atoms with Gasteiger partial charge >= 0.3 is 6.09 Å². The Labute approximate surface area is 140 Å². The van der Waals surface area contributed by atoms with Crippen LogP contribution in [0.2, 0.25) is 0 Å². The second-order valence-corrected chi connectivity index (χ2v) is 6.35. The molecule has 0 N–H and O–H groups in total. The van der Waals surface area contributed by atoms with Crippen LogP contribution in [0.1, 0.15) is 52.2 Å². The highest BCUT2D eigenvalue weighted by Crippen LogP contribution is 2.12. The molecule has 1 aromatic rings. The van der Waals surface area contributed by atoms with E-state index in [0.717, 1.165) is 0 Å². The normalized spacial score (nSPS) is 13.5. The fourth-order valence-corrected chi connectivity index (χ4v) is 1.75. The van der Waals surface area contributed by atoms with Gasteiger partial charge in [-0.05, 0) is 34.6 Å². The first-order chi connectivity index (χ1) is 10.7. The summed E-state index contributed by atoms with van der Waals surface area (Å²) in [5.41, 5.74) is 2.18. The van der Waals surface area contributed by atoms with Crippen LogP contribution in [0.25, 0.3) is 0 Å². The van der Waals surface area contributed by atoms with Crippen LogP contribution in [0.4, 0.5) is 4.79 Å². The molecule has 2 rings (SSSR count). The number of likely N-dealkylation sites (tertiary alicyclic amines) is 1. The lowest BCUT2D eigenvalue weighted by Gasteiger charge is -2.23. The van der Waals surface area contributed by atoms with Crippen LogP contribution >= 0.6 is 0 Å². The second-order valence-electron chi connectivity index (χ2n) is 6.35. The van der Waals surface area contributed by atoms with Gasteiger partial charge in [-0.1, -0.05) is 49.2 Å². The van der Waals surface area contributed by atoms with Crippen molar-refractivity contribution in [1.82, 2.24) is 4.90 Å². The minimum Gasteiger partial charge on any atom is -0.444 e. The third-order valence-electron chi connectivity index (χ3n) is 2.90. The van der Waals surface area contributed by atoms with Gasteiger partial charge in [0, 0.05) is 13.0 Å². The summed E-state index contributed by atoms with van der Waals surface area (Å²) in [7, 11) is 0. The lowest BCUT2D eigenvalue weighted by molar-refractivity contribution is -0.116. The number of rotatable bonds is 0. The summed E-state index contributed by atoms with van der Waals surface area (Å²) in [5.74, 6) is 0.103.